The Balaban J connectivity index is 0.821. The molecule has 7 aliphatic carbocycles. The van der Waals surface area contributed by atoms with Crippen LogP contribution >= 0.6 is 0 Å². The Labute approximate surface area is 321 Å². The van der Waals surface area contributed by atoms with Gasteiger partial charge in [-0.2, -0.15) is 0 Å². The van der Waals surface area contributed by atoms with Gasteiger partial charge >= 0.3 is 0 Å². The molecular weight excluding hydrogens is 637 g/mol. The van der Waals surface area contributed by atoms with Crippen LogP contribution in [0.4, 0.5) is 0 Å². The fraction of sp³-hybridized carbons (Fsp3) is 0.917. The largest absolute Gasteiger partial charge is 0.381 e. The van der Waals surface area contributed by atoms with Crippen LogP contribution in [0.1, 0.15) is 193 Å². The van der Waals surface area contributed by atoms with Crippen LogP contribution in [0.2, 0.25) is 0 Å². The maximum absolute atomic E-state index is 5.76. The van der Waals surface area contributed by atoms with Crippen molar-refractivity contribution in [3.63, 3.8) is 0 Å². The molecule has 52 heavy (non-hydrogen) atoms. The van der Waals surface area contributed by atoms with Gasteiger partial charge in [-0.05, 0) is 178 Å². The smallest absolute Gasteiger partial charge is 0.0572 e. The van der Waals surface area contributed by atoms with Gasteiger partial charge in [-0.1, -0.05) is 62.8 Å². The fourth-order valence-electron chi connectivity index (χ4n) is 13.0. The molecule has 0 N–H and O–H groups in total. The van der Waals surface area contributed by atoms with Gasteiger partial charge in [0.2, 0.25) is 0 Å². The zero-order chi connectivity index (χ0) is 35.5. The highest BCUT2D eigenvalue weighted by molar-refractivity contribution is 5.02. The minimum absolute atomic E-state index is 0.514. The Bertz CT molecular complexity index is 954. The van der Waals surface area contributed by atoms with Crippen molar-refractivity contribution in [1.82, 2.24) is 9.80 Å². The molecule has 7 rings (SSSR count). The zero-order valence-corrected chi connectivity index (χ0v) is 34.2. The van der Waals surface area contributed by atoms with Crippen molar-refractivity contribution in [1.29, 1.82) is 0 Å². The maximum atomic E-state index is 5.76. The van der Waals surface area contributed by atoms with Crippen LogP contribution in [0.15, 0.2) is 24.3 Å². The topological polar surface area (TPSA) is 24.9 Å². The molecule has 0 atom stereocenters. The molecule has 0 unspecified atom stereocenters. The number of ether oxygens (including phenoxy) is 2. The van der Waals surface area contributed by atoms with Crippen LogP contribution in [0.25, 0.3) is 0 Å². The number of hydrogen-bond acceptors (Lipinski definition) is 4. The van der Waals surface area contributed by atoms with Crippen molar-refractivity contribution in [2.45, 2.75) is 241 Å². The van der Waals surface area contributed by atoms with Gasteiger partial charge in [0.15, 0.2) is 0 Å². The summed E-state index contributed by atoms with van der Waals surface area (Å²) < 4.78 is 11.5. The third kappa shape index (κ3) is 10.8. The van der Waals surface area contributed by atoms with Crippen molar-refractivity contribution in [2.24, 2.45) is 23.7 Å². The monoisotopic (exact) mass is 719 g/mol. The molecule has 0 aromatic heterocycles. The highest BCUT2D eigenvalue weighted by Crippen LogP contribution is 2.41. The van der Waals surface area contributed by atoms with Crippen molar-refractivity contribution in [2.75, 3.05) is 14.2 Å². The molecule has 0 radical (unpaired) electrons. The minimum Gasteiger partial charge on any atom is -0.381 e. The van der Waals surface area contributed by atoms with E-state index in [1.807, 2.05) is 14.2 Å². The first kappa shape index (κ1) is 39.6. The predicted octanol–water partition coefficient (Wildman–Crippen LogP) is 12.2. The summed E-state index contributed by atoms with van der Waals surface area (Å²) in [5, 5.41) is 0. The third-order valence-corrected chi connectivity index (χ3v) is 16.2. The summed E-state index contributed by atoms with van der Waals surface area (Å²) in [7, 11) is 3.85. The van der Waals surface area contributed by atoms with Gasteiger partial charge in [-0.3, -0.25) is 9.80 Å². The molecule has 7 aliphatic rings. The molecule has 0 aliphatic heterocycles. The molecule has 0 saturated heterocycles. The van der Waals surface area contributed by atoms with E-state index in [4.69, 9.17) is 9.47 Å². The summed E-state index contributed by atoms with van der Waals surface area (Å²) >= 11 is 0. The standard InChI is InChI=1S/C48H82N2O2/c1-51-47-33-29-45(30-34-47)49(41-9-5-3-6-10-41)43-25-21-39(22-26-43)19-17-37-13-15-38(16-14-37)18-20-40-23-27-44(28-24-40)50(42-11-7-4-8-12-42)46-31-35-48(52-2)36-32-46/h17-20,37-48H,3-16,21-36H2,1-2H3/b19-17+,20-18+. The first-order valence-corrected chi connectivity index (χ1v) is 23.6. The second-order valence-electron chi connectivity index (χ2n) is 19.4. The second-order valence-corrected chi connectivity index (χ2v) is 19.4. The molecule has 4 nitrogen and oxygen atoms in total. The molecule has 4 heteroatoms. The summed E-state index contributed by atoms with van der Waals surface area (Å²) in [6.45, 7) is 0. The summed E-state index contributed by atoms with van der Waals surface area (Å²) in [5.74, 6) is 3.32. The summed E-state index contributed by atoms with van der Waals surface area (Å²) in [4.78, 5) is 6.24. The van der Waals surface area contributed by atoms with Gasteiger partial charge in [0.1, 0.15) is 0 Å². The first-order valence-electron chi connectivity index (χ1n) is 23.6. The summed E-state index contributed by atoms with van der Waals surface area (Å²) in [6, 6.07) is 5.04. The molecule has 0 aromatic carbocycles. The molecule has 7 fully saturated rings. The Morgan fingerprint density at radius 1 is 0.288 bits per heavy atom. The average Bonchev–Trinajstić information content (AvgIpc) is 3.22. The van der Waals surface area contributed by atoms with E-state index in [1.54, 1.807) is 0 Å². The Kier molecular flexibility index (Phi) is 15.6. The van der Waals surface area contributed by atoms with Crippen LogP contribution in [-0.2, 0) is 9.47 Å². The average molecular weight is 719 g/mol. The van der Waals surface area contributed by atoms with E-state index >= 15 is 0 Å². The van der Waals surface area contributed by atoms with E-state index < -0.39 is 0 Å². The van der Waals surface area contributed by atoms with Gasteiger partial charge in [-0.15, -0.1) is 0 Å². The number of allylic oxidation sites excluding steroid dienone is 4. The van der Waals surface area contributed by atoms with Crippen LogP contribution in [-0.4, -0.2) is 72.5 Å². The summed E-state index contributed by atoms with van der Waals surface area (Å²) in [5.41, 5.74) is 0. The molecule has 0 spiro atoms. The highest BCUT2D eigenvalue weighted by Gasteiger charge is 2.38. The van der Waals surface area contributed by atoms with E-state index in [1.165, 1.54) is 193 Å². The Morgan fingerprint density at radius 3 is 0.788 bits per heavy atom. The molecule has 7 saturated carbocycles. The normalized spacial score (nSPS) is 39.5. The van der Waals surface area contributed by atoms with Gasteiger partial charge in [0.05, 0.1) is 12.2 Å². The van der Waals surface area contributed by atoms with Crippen molar-refractivity contribution < 1.29 is 9.47 Å². The first-order chi connectivity index (χ1) is 25.7. The SMILES string of the molecule is COC1CCC(N(C2CCCCC2)C2CCC(/C=C/C3CCC(/C=C/C4CCC(N(C5CCCCC5)C5CCC(OC)CC5)CC4)CC3)CC2)CC1. The molecule has 296 valence electrons. The second kappa shape index (κ2) is 20.5. The van der Waals surface area contributed by atoms with Crippen LogP contribution in [0.3, 0.4) is 0 Å². The Hall–Kier alpha value is -0.680. The number of rotatable bonds is 12. The van der Waals surface area contributed by atoms with Gasteiger partial charge in [0, 0.05) is 50.5 Å². The van der Waals surface area contributed by atoms with E-state index in [0.29, 0.717) is 12.2 Å². The molecule has 0 heterocycles. The lowest BCUT2D eigenvalue weighted by Gasteiger charge is -2.48. The van der Waals surface area contributed by atoms with Crippen molar-refractivity contribution >= 4 is 0 Å². The number of hydrogen-bond donors (Lipinski definition) is 0. The number of methoxy groups -OCH3 is 2. The van der Waals surface area contributed by atoms with Crippen molar-refractivity contribution in [3.05, 3.63) is 24.3 Å². The number of nitrogens with zero attached hydrogens (tertiary/aromatic N) is 2. The fourth-order valence-corrected chi connectivity index (χ4v) is 13.0. The summed E-state index contributed by atoms with van der Waals surface area (Å²) in [6.07, 6.45) is 54.0. The molecule has 0 aromatic rings. The van der Waals surface area contributed by atoms with E-state index in [9.17, 15) is 0 Å². The van der Waals surface area contributed by atoms with E-state index in [0.717, 1.165) is 59.9 Å². The molecular formula is C48H82N2O2. The van der Waals surface area contributed by atoms with Gasteiger partial charge in [-0.25, -0.2) is 0 Å². The van der Waals surface area contributed by atoms with Crippen LogP contribution in [0, 0.1) is 23.7 Å². The lowest BCUT2D eigenvalue weighted by molar-refractivity contribution is -0.0122. The van der Waals surface area contributed by atoms with Crippen LogP contribution < -0.4 is 0 Å². The van der Waals surface area contributed by atoms with E-state index in [2.05, 4.69) is 34.1 Å². The highest BCUT2D eigenvalue weighted by atomic mass is 16.5. The minimum atomic E-state index is 0.514. The van der Waals surface area contributed by atoms with Crippen LogP contribution in [0.5, 0.6) is 0 Å². The maximum Gasteiger partial charge on any atom is 0.0572 e. The quantitative estimate of drug-likeness (QED) is 0.188. The van der Waals surface area contributed by atoms with Gasteiger partial charge < -0.3 is 9.47 Å². The Morgan fingerprint density at radius 2 is 0.519 bits per heavy atom. The molecule has 0 bridgehead atoms. The van der Waals surface area contributed by atoms with E-state index in [-0.39, 0.29) is 0 Å². The zero-order valence-electron chi connectivity index (χ0n) is 34.2. The molecule has 0 amide bonds. The lowest BCUT2D eigenvalue weighted by atomic mass is 9.78. The lowest BCUT2D eigenvalue weighted by Crippen LogP contribution is -2.52. The van der Waals surface area contributed by atoms with Crippen molar-refractivity contribution in [3.8, 4) is 0 Å². The predicted molar refractivity (Wildman–Crippen MR) is 219 cm³/mol. The third-order valence-electron chi connectivity index (χ3n) is 16.2. The van der Waals surface area contributed by atoms with Gasteiger partial charge in [0.25, 0.3) is 0 Å².